The van der Waals surface area contributed by atoms with Gasteiger partial charge in [-0.25, -0.2) is 0 Å². The number of carbonyl (C=O) groups is 1. The van der Waals surface area contributed by atoms with E-state index in [-0.39, 0.29) is 5.41 Å². The van der Waals surface area contributed by atoms with Gasteiger partial charge in [-0.2, -0.15) is 0 Å². The molecule has 0 unspecified atom stereocenters. The van der Waals surface area contributed by atoms with Crippen LogP contribution >= 0.6 is 0 Å². The minimum atomic E-state index is 0.0282. The molecule has 0 aromatic carbocycles. The lowest BCUT2D eigenvalue weighted by molar-refractivity contribution is -0.137. The summed E-state index contributed by atoms with van der Waals surface area (Å²) in [6.45, 7) is 6.12. The van der Waals surface area contributed by atoms with Crippen molar-refractivity contribution in [1.82, 2.24) is 10.2 Å². The number of nitrogens with zero attached hydrogens (tertiary/aromatic N) is 1. The third-order valence-corrected chi connectivity index (χ3v) is 3.66. The third kappa shape index (κ3) is 1.54. The molecular weight excluding hydrogens is 176 g/mol. The van der Waals surface area contributed by atoms with Crippen LogP contribution in [0.25, 0.3) is 0 Å². The molecular formula is C11H20N2O. The fourth-order valence-electron chi connectivity index (χ4n) is 2.75. The van der Waals surface area contributed by atoms with Gasteiger partial charge in [0.15, 0.2) is 0 Å². The van der Waals surface area contributed by atoms with Crippen LogP contribution in [-0.2, 0) is 4.79 Å². The molecule has 3 nitrogen and oxygen atoms in total. The van der Waals surface area contributed by atoms with Gasteiger partial charge in [0.2, 0.25) is 5.91 Å². The second kappa shape index (κ2) is 3.89. The van der Waals surface area contributed by atoms with E-state index in [4.69, 9.17) is 0 Å². The Morgan fingerprint density at radius 2 is 2.07 bits per heavy atom. The van der Waals surface area contributed by atoms with Crippen molar-refractivity contribution in [3.05, 3.63) is 0 Å². The Kier molecular flexibility index (Phi) is 2.77. The summed E-state index contributed by atoms with van der Waals surface area (Å²) >= 11 is 0. The first-order chi connectivity index (χ1) is 6.78. The predicted octanol–water partition coefficient (Wildman–Crippen LogP) is 0.998. The van der Waals surface area contributed by atoms with E-state index in [9.17, 15) is 4.79 Å². The highest BCUT2D eigenvalue weighted by atomic mass is 16.2. The smallest absolute Gasteiger partial charge is 0.228 e. The quantitative estimate of drug-likeness (QED) is 0.714. The largest absolute Gasteiger partial charge is 0.342 e. The Bertz CT molecular complexity index is 221. The van der Waals surface area contributed by atoms with E-state index in [0.29, 0.717) is 5.91 Å². The van der Waals surface area contributed by atoms with Crippen LogP contribution in [0.1, 0.15) is 32.6 Å². The van der Waals surface area contributed by atoms with Crippen LogP contribution in [0.15, 0.2) is 0 Å². The zero-order valence-electron chi connectivity index (χ0n) is 9.01. The molecule has 0 atom stereocenters. The van der Waals surface area contributed by atoms with Gasteiger partial charge in [0.05, 0.1) is 5.41 Å². The molecule has 2 fully saturated rings. The van der Waals surface area contributed by atoms with Crippen LogP contribution in [0.5, 0.6) is 0 Å². The maximum absolute atomic E-state index is 12.2. The standard InChI is InChI=1S/C11H20N2O/c1-2-8-13-9-5-11(10(13)14)3-6-12-7-4-11/h12H,2-9H2,1H3. The van der Waals surface area contributed by atoms with E-state index < -0.39 is 0 Å². The Morgan fingerprint density at radius 3 is 2.71 bits per heavy atom. The molecule has 14 heavy (non-hydrogen) atoms. The lowest BCUT2D eigenvalue weighted by Crippen LogP contribution is -2.42. The Labute approximate surface area is 85.8 Å². The monoisotopic (exact) mass is 196 g/mol. The normalized spacial score (nSPS) is 26.1. The summed E-state index contributed by atoms with van der Waals surface area (Å²) in [7, 11) is 0. The molecule has 1 amide bonds. The van der Waals surface area contributed by atoms with Crippen LogP contribution in [-0.4, -0.2) is 37.0 Å². The van der Waals surface area contributed by atoms with Crippen LogP contribution < -0.4 is 5.32 Å². The van der Waals surface area contributed by atoms with Crippen molar-refractivity contribution in [3.8, 4) is 0 Å². The van der Waals surface area contributed by atoms with Gasteiger partial charge < -0.3 is 10.2 Å². The second-order valence-corrected chi connectivity index (χ2v) is 4.57. The van der Waals surface area contributed by atoms with E-state index >= 15 is 0 Å². The molecule has 0 aliphatic carbocycles. The molecule has 2 aliphatic heterocycles. The number of nitrogens with one attached hydrogen (secondary N) is 1. The number of rotatable bonds is 2. The zero-order valence-corrected chi connectivity index (χ0v) is 9.01. The van der Waals surface area contributed by atoms with E-state index in [0.717, 1.165) is 51.9 Å². The van der Waals surface area contributed by atoms with Gasteiger partial charge in [-0.3, -0.25) is 4.79 Å². The summed E-state index contributed by atoms with van der Waals surface area (Å²) in [5.41, 5.74) is 0.0282. The van der Waals surface area contributed by atoms with Crippen molar-refractivity contribution in [2.75, 3.05) is 26.2 Å². The number of hydrogen-bond acceptors (Lipinski definition) is 2. The van der Waals surface area contributed by atoms with Gasteiger partial charge in [0.1, 0.15) is 0 Å². The number of carbonyl (C=O) groups excluding carboxylic acids is 1. The molecule has 3 heteroatoms. The predicted molar refractivity (Wildman–Crippen MR) is 56.0 cm³/mol. The van der Waals surface area contributed by atoms with Gasteiger partial charge in [0, 0.05) is 13.1 Å². The number of piperidine rings is 1. The van der Waals surface area contributed by atoms with Gasteiger partial charge in [-0.05, 0) is 38.8 Å². The number of hydrogen-bond donors (Lipinski definition) is 1. The molecule has 80 valence electrons. The molecule has 0 aromatic rings. The Hall–Kier alpha value is -0.570. The Morgan fingerprint density at radius 1 is 1.36 bits per heavy atom. The maximum atomic E-state index is 12.2. The van der Waals surface area contributed by atoms with E-state index in [2.05, 4.69) is 17.1 Å². The van der Waals surface area contributed by atoms with Crippen LogP contribution in [0.2, 0.25) is 0 Å². The fraction of sp³-hybridized carbons (Fsp3) is 0.909. The Balaban J connectivity index is 2.04. The minimum Gasteiger partial charge on any atom is -0.342 e. The lowest BCUT2D eigenvalue weighted by Gasteiger charge is -2.32. The lowest BCUT2D eigenvalue weighted by atomic mass is 9.78. The number of amides is 1. The maximum Gasteiger partial charge on any atom is 0.228 e. The fourth-order valence-corrected chi connectivity index (χ4v) is 2.75. The van der Waals surface area contributed by atoms with Crippen LogP contribution in [0.4, 0.5) is 0 Å². The van der Waals surface area contributed by atoms with Crippen molar-refractivity contribution in [2.24, 2.45) is 5.41 Å². The van der Waals surface area contributed by atoms with Crippen LogP contribution in [0, 0.1) is 5.41 Å². The van der Waals surface area contributed by atoms with Crippen molar-refractivity contribution in [2.45, 2.75) is 32.6 Å². The third-order valence-electron chi connectivity index (χ3n) is 3.66. The summed E-state index contributed by atoms with van der Waals surface area (Å²) in [6, 6.07) is 0. The molecule has 2 saturated heterocycles. The highest BCUT2D eigenvalue weighted by Gasteiger charge is 2.46. The molecule has 2 heterocycles. The molecule has 2 aliphatic rings. The van der Waals surface area contributed by atoms with E-state index in [1.165, 1.54) is 0 Å². The number of likely N-dealkylation sites (tertiary alicyclic amines) is 1. The minimum absolute atomic E-state index is 0.0282. The van der Waals surface area contributed by atoms with Crippen molar-refractivity contribution in [1.29, 1.82) is 0 Å². The molecule has 2 rings (SSSR count). The first-order valence-corrected chi connectivity index (χ1v) is 5.79. The van der Waals surface area contributed by atoms with Gasteiger partial charge in [0.25, 0.3) is 0 Å². The van der Waals surface area contributed by atoms with Gasteiger partial charge in [-0.15, -0.1) is 0 Å². The molecule has 0 radical (unpaired) electrons. The van der Waals surface area contributed by atoms with Crippen molar-refractivity contribution >= 4 is 5.91 Å². The highest BCUT2D eigenvalue weighted by Crippen LogP contribution is 2.39. The SMILES string of the molecule is CCCN1CCC2(CCNCC2)C1=O. The summed E-state index contributed by atoms with van der Waals surface area (Å²) in [5, 5.41) is 3.33. The first kappa shape index (κ1) is 9.97. The van der Waals surface area contributed by atoms with E-state index in [1.807, 2.05) is 0 Å². The average Bonchev–Trinajstić information content (AvgIpc) is 2.50. The molecule has 0 saturated carbocycles. The molecule has 0 aromatic heterocycles. The zero-order chi connectivity index (χ0) is 10.0. The summed E-state index contributed by atoms with van der Waals surface area (Å²) in [5.74, 6) is 0.431. The molecule has 0 bridgehead atoms. The summed E-state index contributed by atoms with van der Waals surface area (Å²) in [4.78, 5) is 14.2. The van der Waals surface area contributed by atoms with Gasteiger partial charge >= 0.3 is 0 Å². The first-order valence-electron chi connectivity index (χ1n) is 5.79. The average molecular weight is 196 g/mol. The van der Waals surface area contributed by atoms with Crippen molar-refractivity contribution < 1.29 is 4.79 Å². The highest BCUT2D eigenvalue weighted by molar-refractivity contribution is 5.85. The van der Waals surface area contributed by atoms with Crippen LogP contribution in [0.3, 0.4) is 0 Å². The topological polar surface area (TPSA) is 32.3 Å². The second-order valence-electron chi connectivity index (χ2n) is 4.57. The van der Waals surface area contributed by atoms with Crippen molar-refractivity contribution in [3.63, 3.8) is 0 Å². The summed E-state index contributed by atoms with van der Waals surface area (Å²) < 4.78 is 0. The molecule has 1 N–H and O–H groups in total. The van der Waals surface area contributed by atoms with Gasteiger partial charge in [-0.1, -0.05) is 6.92 Å². The summed E-state index contributed by atoms with van der Waals surface area (Å²) in [6.07, 6.45) is 4.27. The molecule has 1 spiro atoms. The van der Waals surface area contributed by atoms with E-state index in [1.54, 1.807) is 0 Å².